The molecule has 1 aliphatic heterocycles. The SMILES string of the molecule is COc1ccccc1-n1nccc1CN1CCN[C@H](C)C1. The largest absolute Gasteiger partial charge is 0.494 e. The van der Waals surface area contributed by atoms with E-state index in [4.69, 9.17) is 4.74 Å². The van der Waals surface area contributed by atoms with Crippen LogP contribution in [0.2, 0.25) is 0 Å². The summed E-state index contributed by atoms with van der Waals surface area (Å²) in [6.07, 6.45) is 1.85. The average molecular weight is 286 g/mol. The second kappa shape index (κ2) is 6.28. The minimum absolute atomic E-state index is 0.543. The number of aromatic nitrogens is 2. The monoisotopic (exact) mass is 286 g/mol. The minimum atomic E-state index is 0.543. The van der Waals surface area contributed by atoms with Gasteiger partial charge in [0.1, 0.15) is 11.4 Å². The maximum Gasteiger partial charge on any atom is 0.144 e. The summed E-state index contributed by atoms with van der Waals surface area (Å²) in [4.78, 5) is 2.46. The third kappa shape index (κ3) is 3.09. The van der Waals surface area contributed by atoms with Crippen LogP contribution in [-0.4, -0.2) is 47.5 Å². The fraction of sp³-hybridized carbons (Fsp3) is 0.438. The topological polar surface area (TPSA) is 42.3 Å². The summed E-state index contributed by atoms with van der Waals surface area (Å²) >= 11 is 0. The van der Waals surface area contributed by atoms with Gasteiger partial charge in [0.25, 0.3) is 0 Å². The average Bonchev–Trinajstić information content (AvgIpc) is 2.95. The number of piperazine rings is 1. The fourth-order valence-electron chi connectivity index (χ4n) is 2.86. The van der Waals surface area contributed by atoms with E-state index in [2.05, 4.69) is 28.3 Å². The molecule has 1 aromatic carbocycles. The smallest absolute Gasteiger partial charge is 0.144 e. The van der Waals surface area contributed by atoms with Crippen molar-refractivity contribution in [3.8, 4) is 11.4 Å². The Labute approximate surface area is 125 Å². The van der Waals surface area contributed by atoms with E-state index >= 15 is 0 Å². The Morgan fingerprint density at radius 2 is 2.19 bits per heavy atom. The Morgan fingerprint density at radius 3 is 3.00 bits per heavy atom. The van der Waals surface area contributed by atoms with Crippen molar-refractivity contribution in [3.63, 3.8) is 0 Å². The number of hydrogen-bond acceptors (Lipinski definition) is 4. The summed E-state index contributed by atoms with van der Waals surface area (Å²) < 4.78 is 7.42. The Kier molecular flexibility index (Phi) is 4.22. The highest BCUT2D eigenvalue weighted by atomic mass is 16.5. The van der Waals surface area contributed by atoms with Gasteiger partial charge in [0.2, 0.25) is 0 Å². The Morgan fingerprint density at radius 1 is 1.33 bits per heavy atom. The van der Waals surface area contributed by atoms with Crippen molar-refractivity contribution in [1.82, 2.24) is 20.0 Å². The lowest BCUT2D eigenvalue weighted by Gasteiger charge is -2.31. The highest BCUT2D eigenvalue weighted by Crippen LogP contribution is 2.23. The highest BCUT2D eigenvalue weighted by molar-refractivity contribution is 5.46. The summed E-state index contributed by atoms with van der Waals surface area (Å²) in [6.45, 7) is 6.32. The molecule has 112 valence electrons. The van der Waals surface area contributed by atoms with Crippen LogP contribution in [0.5, 0.6) is 5.75 Å². The first-order valence-electron chi connectivity index (χ1n) is 7.40. The van der Waals surface area contributed by atoms with Crippen LogP contribution in [0.4, 0.5) is 0 Å². The molecule has 1 fully saturated rings. The molecule has 3 rings (SSSR count). The number of nitrogens with one attached hydrogen (secondary N) is 1. The van der Waals surface area contributed by atoms with Crippen molar-refractivity contribution < 1.29 is 4.74 Å². The molecule has 1 N–H and O–H groups in total. The van der Waals surface area contributed by atoms with Gasteiger partial charge in [0.15, 0.2) is 0 Å². The summed E-state index contributed by atoms with van der Waals surface area (Å²) in [5.74, 6) is 0.844. The summed E-state index contributed by atoms with van der Waals surface area (Å²) in [7, 11) is 1.69. The zero-order valence-electron chi connectivity index (χ0n) is 12.6. The zero-order chi connectivity index (χ0) is 14.7. The number of rotatable bonds is 4. The van der Waals surface area contributed by atoms with Gasteiger partial charge in [-0.1, -0.05) is 12.1 Å². The molecule has 2 aromatic rings. The molecule has 1 aliphatic rings. The maximum absolute atomic E-state index is 5.45. The molecule has 5 nitrogen and oxygen atoms in total. The predicted molar refractivity (Wildman–Crippen MR) is 82.9 cm³/mol. The first kappa shape index (κ1) is 14.1. The molecule has 0 spiro atoms. The Balaban J connectivity index is 1.83. The van der Waals surface area contributed by atoms with Gasteiger partial charge in [-0.3, -0.25) is 4.90 Å². The molecule has 2 heterocycles. The summed E-state index contributed by atoms with van der Waals surface area (Å²) in [5.41, 5.74) is 2.18. The number of benzene rings is 1. The molecular formula is C16H22N4O. The van der Waals surface area contributed by atoms with Crippen LogP contribution in [-0.2, 0) is 6.54 Å². The van der Waals surface area contributed by atoms with Crippen LogP contribution in [0.1, 0.15) is 12.6 Å². The van der Waals surface area contributed by atoms with Crippen LogP contribution < -0.4 is 10.1 Å². The van der Waals surface area contributed by atoms with Crippen molar-refractivity contribution >= 4 is 0 Å². The minimum Gasteiger partial charge on any atom is -0.494 e. The molecule has 0 amide bonds. The molecule has 5 heteroatoms. The molecule has 0 unspecified atom stereocenters. The molecule has 0 bridgehead atoms. The lowest BCUT2D eigenvalue weighted by Crippen LogP contribution is -2.48. The van der Waals surface area contributed by atoms with Crippen LogP contribution in [0.15, 0.2) is 36.5 Å². The Hall–Kier alpha value is -1.85. The molecule has 1 saturated heterocycles. The predicted octanol–water partition coefficient (Wildman–Crippen LogP) is 1.67. The lowest BCUT2D eigenvalue weighted by molar-refractivity contribution is 0.196. The van der Waals surface area contributed by atoms with E-state index in [-0.39, 0.29) is 0 Å². The van der Waals surface area contributed by atoms with E-state index in [9.17, 15) is 0 Å². The molecule has 21 heavy (non-hydrogen) atoms. The second-order valence-electron chi connectivity index (χ2n) is 5.50. The number of ether oxygens (including phenoxy) is 1. The molecule has 0 radical (unpaired) electrons. The first-order valence-corrected chi connectivity index (χ1v) is 7.40. The maximum atomic E-state index is 5.45. The molecular weight excluding hydrogens is 264 g/mol. The third-order valence-electron chi connectivity index (χ3n) is 3.87. The number of methoxy groups -OCH3 is 1. The van der Waals surface area contributed by atoms with E-state index < -0.39 is 0 Å². The third-order valence-corrected chi connectivity index (χ3v) is 3.87. The summed E-state index contributed by atoms with van der Waals surface area (Å²) in [6, 6.07) is 10.6. The van der Waals surface area contributed by atoms with Crippen molar-refractivity contribution in [2.45, 2.75) is 19.5 Å². The van der Waals surface area contributed by atoms with Gasteiger partial charge in [-0.15, -0.1) is 0 Å². The standard InChI is InChI=1S/C16H22N4O/c1-13-11-19(10-9-17-13)12-14-7-8-18-20(14)15-5-3-4-6-16(15)21-2/h3-8,13,17H,9-12H2,1-2H3/t13-/m1/s1. The van der Waals surface area contributed by atoms with Gasteiger partial charge in [-0.2, -0.15) is 5.10 Å². The van der Waals surface area contributed by atoms with Crippen LogP contribution in [0.25, 0.3) is 5.69 Å². The number of para-hydroxylation sites is 2. The van der Waals surface area contributed by atoms with Gasteiger partial charge < -0.3 is 10.1 Å². The molecule has 0 aliphatic carbocycles. The van der Waals surface area contributed by atoms with Gasteiger partial charge in [-0.25, -0.2) is 4.68 Å². The quantitative estimate of drug-likeness (QED) is 0.928. The van der Waals surface area contributed by atoms with Crippen molar-refractivity contribution in [1.29, 1.82) is 0 Å². The zero-order valence-corrected chi connectivity index (χ0v) is 12.6. The number of hydrogen-bond donors (Lipinski definition) is 1. The van der Waals surface area contributed by atoms with Crippen molar-refractivity contribution in [2.24, 2.45) is 0 Å². The highest BCUT2D eigenvalue weighted by Gasteiger charge is 2.18. The Bertz CT molecular complexity index is 595. The van der Waals surface area contributed by atoms with Crippen molar-refractivity contribution in [3.05, 3.63) is 42.2 Å². The van der Waals surface area contributed by atoms with E-state index in [0.29, 0.717) is 6.04 Å². The van der Waals surface area contributed by atoms with E-state index in [1.54, 1.807) is 7.11 Å². The normalized spacial score (nSPS) is 19.6. The fourth-order valence-corrected chi connectivity index (χ4v) is 2.86. The summed E-state index contributed by atoms with van der Waals surface area (Å²) in [5, 5.41) is 7.95. The second-order valence-corrected chi connectivity index (χ2v) is 5.50. The van der Waals surface area contributed by atoms with E-state index in [1.807, 2.05) is 35.1 Å². The van der Waals surface area contributed by atoms with Gasteiger partial charge >= 0.3 is 0 Å². The molecule has 1 atom stereocenters. The van der Waals surface area contributed by atoms with Crippen LogP contribution >= 0.6 is 0 Å². The molecule has 0 saturated carbocycles. The van der Waals surface area contributed by atoms with Gasteiger partial charge in [0, 0.05) is 38.4 Å². The van der Waals surface area contributed by atoms with Gasteiger partial charge in [-0.05, 0) is 25.1 Å². The van der Waals surface area contributed by atoms with E-state index in [0.717, 1.165) is 37.6 Å². The van der Waals surface area contributed by atoms with E-state index in [1.165, 1.54) is 5.69 Å². The number of nitrogens with zero attached hydrogens (tertiary/aromatic N) is 3. The van der Waals surface area contributed by atoms with Gasteiger partial charge in [0.05, 0.1) is 12.8 Å². The molecule has 1 aromatic heterocycles. The van der Waals surface area contributed by atoms with Crippen LogP contribution in [0, 0.1) is 0 Å². The van der Waals surface area contributed by atoms with Crippen molar-refractivity contribution in [2.75, 3.05) is 26.7 Å². The van der Waals surface area contributed by atoms with Crippen LogP contribution in [0.3, 0.4) is 0 Å². The lowest BCUT2D eigenvalue weighted by atomic mass is 10.2. The first-order chi connectivity index (χ1) is 10.3.